The van der Waals surface area contributed by atoms with Gasteiger partial charge in [0.2, 0.25) is 0 Å². The molecule has 0 radical (unpaired) electrons. The molecule has 6 nitrogen and oxygen atoms in total. The molecule has 1 heterocycles. The van der Waals surface area contributed by atoms with E-state index in [4.69, 9.17) is 9.84 Å². The Morgan fingerprint density at radius 1 is 1.40 bits per heavy atom. The third-order valence-electron chi connectivity index (χ3n) is 2.49. The van der Waals surface area contributed by atoms with Crippen LogP contribution in [-0.4, -0.2) is 35.7 Å². The van der Waals surface area contributed by atoms with Crippen molar-refractivity contribution in [1.82, 2.24) is 4.98 Å². The summed E-state index contributed by atoms with van der Waals surface area (Å²) in [4.78, 5) is 25.9. The third kappa shape index (κ3) is 4.72. The van der Waals surface area contributed by atoms with E-state index < -0.39 is 11.4 Å². The van der Waals surface area contributed by atoms with E-state index in [1.807, 2.05) is 0 Å². The fourth-order valence-electron chi connectivity index (χ4n) is 1.33. The van der Waals surface area contributed by atoms with Gasteiger partial charge in [-0.1, -0.05) is 0 Å². The topological polar surface area (TPSA) is 85.7 Å². The fourth-order valence-corrected chi connectivity index (χ4v) is 1.33. The third-order valence-corrected chi connectivity index (χ3v) is 2.49. The quantitative estimate of drug-likeness (QED) is 0.630. The van der Waals surface area contributed by atoms with Crippen LogP contribution in [0.5, 0.6) is 5.75 Å². The number of esters is 1. The normalized spacial score (nSPS) is 11.3. The lowest BCUT2D eigenvalue weighted by molar-refractivity contribution is -0.152. The molecular formula is C14H17NO5. The summed E-state index contributed by atoms with van der Waals surface area (Å²) in [6.45, 7) is 3.60. The van der Waals surface area contributed by atoms with Gasteiger partial charge in [-0.2, -0.15) is 0 Å². The summed E-state index contributed by atoms with van der Waals surface area (Å²) in [6, 6.07) is 3.28. The van der Waals surface area contributed by atoms with Crippen molar-refractivity contribution in [3.05, 3.63) is 30.1 Å². The SMILES string of the molecule is COC(=O)C(C)(C)COc1ccc(C=CC(=O)O)nc1. The van der Waals surface area contributed by atoms with E-state index >= 15 is 0 Å². The maximum absolute atomic E-state index is 11.5. The zero-order valence-electron chi connectivity index (χ0n) is 11.6. The second kappa shape index (κ2) is 6.70. The summed E-state index contributed by atoms with van der Waals surface area (Å²) >= 11 is 0. The molecule has 1 N–H and O–H groups in total. The number of carbonyl (C=O) groups excluding carboxylic acids is 1. The summed E-state index contributed by atoms with van der Waals surface area (Å²) in [7, 11) is 1.33. The smallest absolute Gasteiger partial charge is 0.328 e. The monoisotopic (exact) mass is 279 g/mol. The largest absolute Gasteiger partial charge is 0.491 e. The molecule has 108 valence electrons. The predicted octanol–water partition coefficient (Wildman–Crippen LogP) is 1.76. The Labute approximate surface area is 117 Å². The molecule has 0 saturated carbocycles. The number of aliphatic carboxylic acids is 1. The highest BCUT2D eigenvalue weighted by atomic mass is 16.5. The highest BCUT2D eigenvalue weighted by Gasteiger charge is 2.29. The number of aromatic nitrogens is 1. The molecule has 1 aromatic heterocycles. The molecule has 0 unspecified atom stereocenters. The molecule has 0 aliphatic carbocycles. The van der Waals surface area contributed by atoms with E-state index in [2.05, 4.69) is 9.72 Å². The maximum atomic E-state index is 11.5. The maximum Gasteiger partial charge on any atom is 0.328 e. The Balaban J connectivity index is 2.62. The Hall–Kier alpha value is -2.37. The lowest BCUT2D eigenvalue weighted by Crippen LogP contribution is -2.32. The summed E-state index contributed by atoms with van der Waals surface area (Å²) in [6.07, 6.45) is 3.85. The number of carbonyl (C=O) groups is 2. The second-order valence-corrected chi connectivity index (χ2v) is 4.75. The number of ether oxygens (including phenoxy) is 2. The lowest BCUT2D eigenvalue weighted by Gasteiger charge is -2.21. The molecule has 0 aromatic carbocycles. The molecule has 0 aliphatic rings. The first-order chi connectivity index (χ1) is 9.35. The minimum atomic E-state index is -1.04. The van der Waals surface area contributed by atoms with Gasteiger partial charge in [0.1, 0.15) is 12.4 Å². The number of carboxylic acids is 1. The number of pyridine rings is 1. The van der Waals surface area contributed by atoms with E-state index in [1.165, 1.54) is 19.4 Å². The van der Waals surface area contributed by atoms with Crippen LogP contribution in [0.2, 0.25) is 0 Å². The van der Waals surface area contributed by atoms with E-state index in [1.54, 1.807) is 26.0 Å². The van der Waals surface area contributed by atoms with Crippen molar-refractivity contribution < 1.29 is 24.2 Å². The molecular weight excluding hydrogens is 262 g/mol. The Morgan fingerprint density at radius 3 is 2.60 bits per heavy atom. The van der Waals surface area contributed by atoms with Gasteiger partial charge in [-0.15, -0.1) is 0 Å². The Bertz CT molecular complexity index is 505. The Kier molecular flexibility index (Phi) is 5.25. The summed E-state index contributed by atoms with van der Waals surface area (Å²) in [5.74, 6) is -0.895. The van der Waals surface area contributed by atoms with Gasteiger partial charge >= 0.3 is 11.9 Å². The van der Waals surface area contributed by atoms with Crippen LogP contribution in [0.15, 0.2) is 24.4 Å². The van der Waals surface area contributed by atoms with Crippen LogP contribution in [0.3, 0.4) is 0 Å². The van der Waals surface area contributed by atoms with Gasteiger partial charge in [0.15, 0.2) is 0 Å². The zero-order chi connectivity index (χ0) is 15.2. The molecule has 0 amide bonds. The van der Waals surface area contributed by atoms with Gasteiger partial charge in [-0.25, -0.2) is 4.79 Å². The standard InChI is InChI=1S/C14H17NO5/c1-14(2,13(18)19-3)9-20-11-6-4-10(15-8-11)5-7-12(16)17/h4-8H,9H2,1-3H3,(H,16,17). The zero-order valence-corrected chi connectivity index (χ0v) is 11.6. The van der Waals surface area contributed by atoms with E-state index in [9.17, 15) is 9.59 Å². The predicted molar refractivity (Wildman–Crippen MR) is 72.2 cm³/mol. The van der Waals surface area contributed by atoms with Crippen molar-refractivity contribution >= 4 is 18.0 Å². The van der Waals surface area contributed by atoms with Crippen LogP contribution in [0, 0.1) is 5.41 Å². The number of rotatable bonds is 6. The van der Waals surface area contributed by atoms with Crippen molar-refractivity contribution in [1.29, 1.82) is 0 Å². The van der Waals surface area contributed by atoms with E-state index in [0.29, 0.717) is 11.4 Å². The van der Waals surface area contributed by atoms with Gasteiger partial charge in [-0.05, 0) is 32.1 Å². The summed E-state index contributed by atoms with van der Waals surface area (Å²) in [5, 5.41) is 8.50. The Morgan fingerprint density at radius 2 is 2.10 bits per heavy atom. The number of hydrogen-bond acceptors (Lipinski definition) is 5. The number of nitrogens with zero attached hydrogens (tertiary/aromatic N) is 1. The van der Waals surface area contributed by atoms with Crippen LogP contribution in [0.25, 0.3) is 6.08 Å². The molecule has 0 aliphatic heterocycles. The van der Waals surface area contributed by atoms with Gasteiger partial charge in [0.25, 0.3) is 0 Å². The van der Waals surface area contributed by atoms with Crippen molar-refractivity contribution in [2.24, 2.45) is 5.41 Å². The van der Waals surface area contributed by atoms with Crippen LogP contribution < -0.4 is 4.74 Å². The number of carboxylic acid groups (broad SMARTS) is 1. The lowest BCUT2D eigenvalue weighted by atomic mass is 9.95. The van der Waals surface area contributed by atoms with Crippen molar-refractivity contribution in [2.75, 3.05) is 13.7 Å². The molecule has 6 heteroatoms. The fraction of sp³-hybridized carbons (Fsp3) is 0.357. The van der Waals surface area contributed by atoms with Crippen LogP contribution in [-0.2, 0) is 14.3 Å². The molecule has 1 aromatic rings. The van der Waals surface area contributed by atoms with Gasteiger partial charge < -0.3 is 14.6 Å². The van der Waals surface area contributed by atoms with Crippen molar-refractivity contribution in [3.8, 4) is 5.75 Å². The van der Waals surface area contributed by atoms with Gasteiger partial charge in [0, 0.05) is 6.08 Å². The minimum absolute atomic E-state index is 0.158. The second-order valence-electron chi connectivity index (χ2n) is 4.75. The van der Waals surface area contributed by atoms with Gasteiger partial charge in [0.05, 0.1) is 24.4 Å². The van der Waals surface area contributed by atoms with Crippen molar-refractivity contribution in [2.45, 2.75) is 13.8 Å². The first kappa shape index (κ1) is 15.7. The highest BCUT2D eigenvalue weighted by Crippen LogP contribution is 2.20. The summed E-state index contributed by atoms with van der Waals surface area (Å²) < 4.78 is 10.1. The molecule has 0 fully saturated rings. The van der Waals surface area contributed by atoms with E-state index in [-0.39, 0.29) is 12.6 Å². The van der Waals surface area contributed by atoms with Crippen LogP contribution >= 0.6 is 0 Å². The minimum Gasteiger partial charge on any atom is -0.491 e. The number of hydrogen-bond donors (Lipinski definition) is 1. The van der Waals surface area contributed by atoms with Crippen LogP contribution in [0.1, 0.15) is 19.5 Å². The first-order valence-corrected chi connectivity index (χ1v) is 5.93. The molecule has 0 spiro atoms. The molecule has 1 rings (SSSR count). The molecule has 0 saturated heterocycles. The van der Waals surface area contributed by atoms with Crippen LogP contribution in [0.4, 0.5) is 0 Å². The van der Waals surface area contributed by atoms with E-state index in [0.717, 1.165) is 6.08 Å². The first-order valence-electron chi connectivity index (χ1n) is 5.93. The van der Waals surface area contributed by atoms with Gasteiger partial charge in [-0.3, -0.25) is 9.78 Å². The average Bonchev–Trinajstić information content (AvgIpc) is 2.43. The molecule has 0 atom stereocenters. The highest BCUT2D eigenvalue weighted by molar-refractivity contribution is 5.84. The number of methoxy groups -OCH3 is 1. The summed E-state index contributed by atoms with van der Waals surface area (Å²) in [5.41, 5.74) is -0.247. The molecule has 0 bridgehead atoms. The van der Waals surface area contributed by atoms with Crippen molar-refractivity contribution in [3.63, 3.8) is 0 Å². The molecule has 20 heavy (non-hydrogen) atoms. The average molecular weight is 279 g/mol.